The van der Waals surface area contributed by atoms with E-state index in [1.807, 2.05) is 68.6 Å². The van der Waals surface area contributed by atoms with Crippen molar-refractivity contribution < 1.29 is 9.53 Å². The number of benzene rings is 2. The van der Waals surface area contributed by atoms with Gasteiger partial charge in [0.2, 0.25) is 0 Å². The molecule has 25 heavy (non-hydrogen) atoms. The van der Waals surface area contributed by atoms with Crippen molar-refractivity contribution in [2.24, 2.45) is 7.05 Å². The van der Waals surface area contributed by atoms with Crippen molar-refractivity contribution in [3.8, 4) is 17.0 Å². The van der Waals surface area contributed by atoms with Crippen LogP contribution in [0.3, 0.4) is 0 Å². The molecule has 2 heterocycles. The van der Waals surface area contributed by atoms with Crippen LogP contribution in [0.2, 0.25) is 0 Å². The van der Waals surface area contributed by atoms with Crippen LogP contribution in [-0.4, -0.2) is 22.2 Å². The number of anilines is 1. The molecule has 3 aromatic rings. The third-order valence-corrected chi connectivity index (χ3v) is 4.49. The number of ether oxygens (including phenoxy) is 1. The number of aromatic nitrogens is 2. The molecular formula is C20H19N3O2. The Hall–Kier alpha value is -3.08. The Morgan fingerprint density at radius 1 is 1.16 bits per heavy atom. The first-order valence-corrected chi connectivity index (χ1v) is 8.35. The number of hydrogen-bond acceptors (Lipinski definition) is 3. The number of para-hydroxylation sites is 2. The fraction of sp³-hybridized carbons (Fsp3) is 0.200. The number of amides is 1. The smallest absolute Gasteiger partial charge is 0.279 e. The fourth-order valence-electron chi connectivity index (χ4n) is 3.33. The average molecular weight is 333 g/mol. The highest BCUT2D eigenvalue weighted by Gasteiger charge is 2.30. The van der Waals surface area contributed by atoms with Crippen LogP contribution in [0.4, 0.5) is 5.69 Å². The molecule has 5 nitrogen and oxygen atoms in total. The predicted molar refractivity (Wildman–Crippen MR) is 96.8 cm³/mol. The van der Waals surface area contributed by atoms with E-state index < -0.39 is 0 Å². The van der Waals surface area contributed by atoms with E-state index in [2.05, 4.69) is 5.10 Å². The van der Waals surface area contributed by atoms with Crippen LogP contribution in [-0.2, 0) is 13.7 Å². The number of nitrogens with zero attached hydrogens (tertiary/aromatic N) is 3. The van der Waals surface area contributed by atoms with Crippen molar-refractivity contribution in [3.63, 3.8) is 0 Å². The average Bonchev–Trinajstić information content (AvgIpc) is 3.00. The summed E-state index contributed by atoms with van der Waals surface area (Å²) in [4.78, 5) is 14.9. The van der Waals surface area contributed by atoms with Crippen LogP contribution in [0.1, 0.15) is 23.0 Å². The topological polar surface area (TPSA) is 47.4 Å². The number of hydrogen-bond donors (Lipinski definition) is 0. The Kier molecular flexibility index (Phi) is 3.76. The van der Waals surface area contributed by atoms with Crippen molar-refractivity contribution in [1.29, 1.82) is 0 Å². The second-order valence-electron chi connectivity index (χ2n) is 5.97. The number of fused-ring (bicyclic) bond motifs is 3. The summed E-state index contributed by atoms with van der Waals surface area (Å²) >= 11 is 0. The zero-order valence-corrected chi connectivity index (χ0v) is 14.3. The van der Waals surface area contributed by atoms with Gasteiger partial charge in [0.15, 0.2) is 5.69 Å². The van der Waals surface area contributed by atoms with Crippen LogP contribution in [0.15, 0.2) is 54.6 Å². The number of aryl methyl sites for hydroxylation is 1. The molecule has 1 aliphatic heterocycles. The van der Waals surface area contributed by atoms with Gasteiger partial charge in [-0.1, -0.05) is 30.3 Å². The summed E-state index contributed by atoms with van der Waals surface area (Å²) in [6.45, 7) is 2.89. The van der Waals surface area contributed by atoms with Crippen LogP contribution < -0.4 is 9.64 Å². The van der Waals surface area contributed by atoms with Gasteiger partial charge in [-0.05, 0) is 31.2 Å². The Morgan fingerprint density at radius 3 is 2.64 bits per heavy atom. The molecule has 0 fully saturated rings. The molecule has 1 amide bonds. The lowest BCUT2D eigenvalue weighted by atomic mass is 10.0. The van der Waals surface area contributed by atoms with E-state index in [1.165, 1.54) is 0 Å². The van der Waals surface area contributed by atoms with E-state index in [0.29, 0.717) is 18.8 Å². The minimum atomic E-state index is -0.103. The molecular weight excluding hydrogens is 314 g/mol. The summed E-state index contributed by atoms with van der Waals surface area (Å²) in [5.41, 5.74) is 4.10. The minimum Gasteiger partial charge on any atom is -0.488 e. The van der Waals surface area contributed by atoms with E-state index >= 15 is 0 Å². The van der Waals surface area contributed by atoms with E-state index in [9.17, 15) is 4.79 Å². The summed E-state index contributed by atoms with van der Waals surface area (Å²) in [7, 11) is 1.87. The van der Waals surface area contributed by atoms with E-state index in [-0.39, 0.29) is 5.91 Å². The Morgan fingerprint density at radius 2 is 1.88 bits per heavy atom. The molecule has 0 aliphatic carbocycles. The minimum absolute atomic E-state index is 0.103. The summed E-state index contributed by atoms with van der Waals surface area (Å²) in [5, 5.41) is 4.53. The van der Waals surface area contributed by atoms with Crippen LogP contribution in [0.25, 0.3) is 11.3 Å². The molecule has 5 heteroatoms. The zero-order valence-electron chi connectivity index (χ0n) is 14.3. The maximum absolute atomic E-state index is 13.2. The van der Waals surface area contributed by atoms with Gasteiger partial charge in [-0.15, -0.1) is 0 Å². The Bertz CT molecular complexity index is 931. The van der Waals surface area contributed by atoms with Crippen molar-refractivity contribution in [3.05, 3.63) is 65.9 Å². The summed E-state index contributed by atoms with van der Waals surface area (Å²) in [6, 6.07) is 17.5. The molecule has 0 saturated heterocycles. The van der Waals surface area contributed by atoms with Gasteiger partial charge >= 0.3 is 0 Å². The van der Waals surface area contributed by atoms with Crippen molar-refractivity contribution in [2.45, 2.75) is 13.5 Å². The molecule has 0 N–H and O–H groups in total. The van der Waals surface area contributed by atoms with Gasteiger partial charge in [0, 0.05) is 30.4 Å². The second kappa shape index (κ2) is 6.09. The molecule has 0 atom stereocenters. The second-order valence-corrected chi connectivity index (χ2v) is 5.97. The van der Waals surface area contributed by atoms with Crippen LogP contribution in [0.5, 0.6) is 5.75 Å². The van der Waals surface area contributed by atoms with Gasteiger partial charge in [-0.25, -0.2) is 0 Å². The standard InChI is InChI=1S/C20H19N3O2/c1-3-23(14-9-5-4-6-10-14)20(24)18-16-13-25-17-12-8-7-11-15(17)19(16)22(2)21-18/h4-12H,3,13H2,1-2H3. The van der Waals surface area contributed by atoms with Crippen LogP contribution in [0, 0.1) is 0 Å². The molecule has 126 valence electrons. The third-order valence-electron chi connectivity index (χ3n) is 4.49. The highest BCUT2D eigenvalue weighted by molar-refractivity contribution is 6.06. The van der Waals surface area contributed by atoms with E-state index in [0.717, 1.165) is 28.3 Å². The van der Waals surface area contributed by atoms with Crippen molar-refractivity contribution in [2.75, 3.05) is 11.4 Å². The van der Waals surface area contributed by atoms with Crippen molar-refractivity contribution in [1.82, 2.24) is 9.78 Å². The SMILES string of the molecule is CCN(C(=O)c1nn(C)c2c1COc1ccccc1-2)c1ccccc1. The first-order valence-electron chi connectivity index (χ1n) is 8.35. The maximum atomic E-state index is 13.2. The van der Waals surface area contributed by atoms with Gasteiger partial charge in [0.05, 0.1) is 5.69 Å². The quantitative estimate of drug-likeness (QED) is 0.735. The molecule has 1 aromatic heterocycles. The van der Waals surface area contributed by atoms with E-state index in [1.54, 1.807) is 9.58 Å². The molecule has 0 spiro atoms. The summed E-state index contributed by atoms with van der Waals surface area (Å²) in [6.07, 6.45) is 0. The number of rotatable bonds is 3. The molecule has 0 radical (unpaired) electrons. The first kappa shape index (κ1) is 15.4. The molecule has 4 rings (SSSR count). The highest BCUT2D eigenvalue weighted by Crippen LogP contribution is 2.38. The molecule has 2 aromatic carbocycles. The predicted octanol–water partition coefficient (Wildman–Crippen LogP) is 3.65. The van der Waals surface area contributed by atoms with Gasteiger partial charge < -0.3 is 9.64 Å². The van der Waals surface area contributed by atoms with Gasteiger partial charge in [-0.3, -0.25) is 9.48 Å². The lowest BCUT2D eigenvalue weighted by Crippen LogP contribution is -2.32. The normalized spacial score (nSPS) is 12.1. The number of carbonyl (C=O) groups is 1. The summed E-state index contributed by atoms with van der Waals surface area (Å²) in [5.74, 6) is 0.723. The summed E-state index contributed by atoms with van der Waals surface area (Å²) < 4.78 is 7.63. The lowest BCUT2D eigenvalue weighted by molar-refractivity contribution is 0.0980. The molecule has 0 saturated carbocycles. The Labute approximate surface area is 146 Å². The van der Waals surface area contributed by atoms with Crippen LogP contribution >= 0.6 is 0 Å². The molecule has 0 unspecified atom stereocenters. The van der Waals surface area contributed by atoms with Gasteiger partial charge in [0.1, 0.15) is 12.4 Å². The number of carbonyl (C=O) groups excluding carboxylic acids is 1. The monoisotopic (exact) mass is 333 g/mol. The van der Waals surface area contributed by atoms with Gasteiger partial charge in [0.25, 0.3) is 5.91 Å². The first-order chi connectivity index (χ1) is 12.2. The largest absolute Gasteiger partial charge is 0.488 e. The van der Waals surface area contributed by atoms with Gasteiger partial charge in [-0.2, -0.15) is 5.10 Å². The Balaban J connectivity index is 1.79. The third kappa shape index (κ3) is 2.48. The van der Waals surface area contributed by atoms with Crippen molar-refractivity contribution >= 4 is 11.6 Å². The fourth-order valence-corrected chi connectivity index (χ4v) is 3.33. The lowest BCUT2D eigenvalue weighted by Gasteiger charge is -2.22. The maximum Gasteiger partial charge on any atom is 0.279 e. The molecule has 0 bridgehead atoms. The zero-order chi connectivity index (χ0) is 17.4. The van der Waals surface area contributed by atoms with E-state index in [4.69, 9.17) is 4.74 Å². The highest BCUT2D eigenvalue weighted by atomic mass is 16.5. The molecule has 1 aliphatic rings.